The van der Waals surface area contributed by atoms with Gasteiger partial charge in [0.05, 0.1) is 18.7 Å². The van der Waals surface area contributed by atoms with Gasteiger partial charge in [-0.25, -0.2) is 4.79 Å². The molecule has 0 bridgehead atoms. The molecule has 0 fully saturated rings. The summed E-state index contributed by atoms with van der Waals surface area (Å²) in [5, 5.41) is 0.680. The summed E-state index contributed by atoms with van der Waals surface area (Å²) in [6, 6.07) is 11.0. The lowest BCUT2D eigenvalue weighted by Crippen LogP contribution is -1.99. The van der Waals surface area contributed by atoms with E-state index in [2.05, 4.69) is 20.7 Å². The summed E-state index contributed by atoms with van der Waals surface area (Å²) >= 11 is 9.35. The van der Waals surface area contributed by atoms with Crippen LogP contribution in [-0.2, 0) is 16.1 Å². The third kappa shape index (κ3) is 5.01. The molecular weight excluding hydrogens is 396 g/mol. The maximum atomic E-state index is 11.2. The molecule has 0 amide bonds. The van der Waals surface area contributed by atoms with Crippen molar-refractivity contribution < 1.29 is 19.0 Å². The van der Waals surface area contributed by atoms with Gasteiger partial charge in [0.1, 0.15) is 6.61 Å². The summed E-state index contributed by atoms with van der Waals surface area (Å²) in [5.74, 6) is 0.721. The van der Waals surface area contributed by atoms with E-state index in [4.69, 9.17) is 21.1 Å². The Kier molecular flexibility index (Phi) is 6.70. The lowest BCUT2D eigenvalue weighted by Gasteiger charge is -2.13. The molecule has 4 nitrogen and oxygen atoms in total. The van der Waals surface area contributed by atoms with Crippen LogP contribution in [0.25, 0.3) is 6.08 Å². The maximum absolute atomic E-state index is 11.2. The summed E-state index contributed by atoms with van der Waals surface area (Å²) in [4.78, 5) is 11.2. The smallest absolute Gasteiger partial charge is 0.330 e. The molecule has 24 heavy (non-hydrogen) atoms. The van der Waals surface area contributed by atoms with Crippen molar-refractivity contribution in [1.29, 1.82) is 0 Å². The summed E-state index contributed by atoms with van der Waals surface area (Å²) in [5.41, 5.74) is 1.77. The minimum atomic E-state index is -0.423. The normalized spacial score (nSPS) is 10.7. The fraction of sp³-hybridized carbons (Fsp3) is 0.167. The van der Waals surface area contributed by atoms with Crippen LogP contribution in [0.4, 0.5) is 0 Å². The van der Waals surface area contributed by atoms with E-state index < -0.39 is 5.97 Å². The molecule has 0 aliphatic heterocycles. The van der Waals surface area contributed by atoms with Crippen LogP contribution in [0.1, 0.15) is 11.1 Å². The molecule has 6 heteroatoms. The number of hydrogen-bond donors (Lipinski definition) is 0. The Morgan fingerprint density at radius 2 is 1.92 bits per heavy atom. The molecule has 2 rings (SSSR count). The third-order valence-corrected chi connectivity index (χ3v) is 4.00. The number of carbonyl (C=O) groups is 1. The molecule has 2 aromatic rings. The topological polar surface area (TPSA) is 44.8 Å². The van der Waals surface area contributed by atoms with E-state index >= 15 is 0 Å². The summed E-state index contributed by atoms with van der Waals surface area (Å²) < 4.78 is 16.5. The van der Waals surface area contributed by atoms with E-state index in [1.54, 1.807) is 19.3 Å². The van der Waals surface area contributed by atoms with Crippen molar-refractivity contribution in [1.82, 2.24) is 0 Å². The summed E-state index contributed by atoms with van der Waals surface area (Å²) in [6.07, 6.45) is 2.98. The molecular formula is C18H16BrClO4. The predicted octanol–water partition coefficient (Wildman–Crippen LogP) is 4.88. The van der Waals surface area contributed by atoms with Crippen molar-refractivity contribution in [3.8, 4) is 11.5 Å². The van der Waals surface area contributed by atoms with Crippen molar-refractivity contribution in [3.63, 3.8) is 0 Å². The van der Waals surface area contributed by atoms with Gasteiger partial charge in [-0.15, -0.1) is 0 Å². The van der Waals surface area contributed by atoms with Gasteiger partial charge in [-0.05, 0) is 57.4 Å². The van der Waals surface area contributed by atoms with Crippen molar-refractivity contribution in [2.75, 3.05) is 14.2 Å². The molecule has 0 saturated carbocycles. The van der Waals surface area contributed by atoms with Crippen LogP contribution in [0.2, 0.25) is 5.02 Å². The van der Waals surface area contributed by atoms with Gasteiger partial charge in [-0.2, -0.15) is 0 Å². The Hall–Kier alpha value is -1.98. The van der Waals surface area contributed by atoms with E-state index in [-0.39, 0.29) is 0 Å². The zero-order chi connectivity index (χ0) is 17.5. The number of halogens is 2. The Morgan fingerprint density at radius 1 is 1.21 bits per heavy atom. The van der Waals surface area contributed by atoms with E-state index in [1.807, 2.05) is 30.3 Å². The van der Waals surface area contributed by atoms with E-state index in [9.17, 15) is 4.79 Å². The lowest BCUT2D eigenvalue weighted by atomic mass is 10.2. The number of methoxy groups -OCH3 is 2. The minimum absolute atomic E-state index is 0.378. The minimum Gasteiger partial charge on any atom is -0.493 e. The highest BCUT2D eigenvalue weighted by Gasteiger charge is 2.11. The molecule has 0 atom stereocenters. The quantitative estimate of drug-likeness (QED) is 0.502. The van der Waals surface area contributed by atoms with Crippen molar-refractivity contribution in [2.24, 2.45) is 0 Å². The second-order valence-corrected chi connectivity index (χ2v) is 6.10. The molecule has 0 aliphatic rings. The molecule has 0 spiro atoms. The van der Waals surface area contributed by atoms with Crippen LogP contribution < -0.4 is 9.47 Å². The predicted molar refractivity (Wildman–Crippen MR) is 97.5 cm³/mol. The third-order valence-electron chi connectivity index (χ3n) is 3.16. The van der Waals surface area contributed by atoms with E-state index in [0.717, 1.165) is 15.6 Å². The number of ether oxygens (including phenoxy) is 3. The van der Waals surface area contributed by atoms with Crippen molar-refractivity contribution in [2.45, 2.75) is 6.61 Å². The molecule has 0 unspecified atom stereocenters. The van der Waals surface area contributed by atoms with E-state index in [0.29, 0.717) is 23.1 Å². The molecule has 0 heterocycles. The van der Waals surface area contributed by atoms with Gasteiger partial charge in [0, 0.05) is 11.1 Å². The average Bonchev–Trinajstić information content (AvgIpc) is 2.59. The van der Waals surface area contributed by atoms with Crippen LogP contribution in [0.5, 0.6) is 11.5 Å². The number of rotatable bonds is 6. The number of benzene rings is 2. The fourth-order valence-electron chi connectivity index (χ4n) is 1.94. The Morgan fingerprint density at radius 3 is 2.54 bits per heavy atom. The van der Waals surface area contributed by atoms with Crippen LogP contribution in [0, 0.1) is 0 Å². The first-order valence-electron chi connectivity index (χ1n) is 7.04. The number of carbonyl (C=O) groups excluding carboxylic acids is 1. The SMILES string of the molecule is COC(=O)/C=C/c1cc(Br)c(OCc2ccc(Cl)cc2)c(OC)c1. The van der Waals surface area contributed by atoms with Gasteiger partial charge < -0.3 is 14.2 Å². The molecule has 0 saturated heterocycles. The molecule has 0 N–H and O–H groups in total. The Bertz CT molecular complexity index is 741. The molecule has 0 radical (unpaired) electrons. The highest BCUT2D eigenvalue weighted by atomic mass is 79.9. The molecule has 0 aliphatic carbocycles. The van der Waals surface area contributed by atoms with Crippen molar-refractivity contribution >= 4 is 39.6 Å². The van der Waals surface area contributed by atoms with Gasteiger partial charge in [0.15, 0.2) is 11.5 Å². The molecule has 126 valence electrons. The van der Waals surface area contributed by atoms with Gasteiger partial charge in [-0.1, -0.05) is 23.7 Å². The van der Waals surface area contributed by atoms with Crippen molar-refractivity contribution in [3.05, 3.63) is 63.1 Å². The standard InChI is InChI=1S/C18H16BrClO4/c1-22-16-10-13(5-8-17(21)23-2)9-15(19)18(16)24-11-12-3-6-14(20)7-4-12/h3-10H,11H2,1-2H3/b8-5+. The summed E-state index contributed by atoms with van der Waals surface area (Å²) in [7, 11) is 2.89. The molecule has 2 aromatic carbocycles. The Labute approximate surface area is 154 Å². The maximum Gasteiger partial charge on any atom is 0.330 e. The zero-order valence-corrected chi connectivity index (χ0v) is 15.6. The fourth-order valence-corrected chi connectivity index (χ4v) is 2.64. The van der Waals surface area contributed by atoms with Gasteiger partial charge in [0.2, 0.25) is 0 Å². The van der Waals surface area contributed by atoms with Crippen LogP contribution >= 0.6 is 27.5 Å². The van der Waals surface area contributed by atoms with Gasteiger partial charge in [0.25, 0.3) is 0 Å². The second kappa shape index (κ2) is 8.76. The van der Waals surface area contributed by atoms with Gasteiger partial charge >= 0.3 is 5.97 Å². The van der Waals surface area contributed by atoms with Gasteiger partial charge in [-0.3, -0.25) is 0 Å². The van der Waals surface area contributed by atoms with Crippen LogP contribution in [0.3, 0.4) is 0 Å². The number of esters is 1. The monoisotopic (exact) mass is 410 g/mol. The van der Waals surface area contributed by atoms with Crippen LogP contribution in [-0.4, -0.2) is 20.2 Å². The lowest BCUT2D eigenvalue weighted by molar-refractivity contribution is -0.134. The number of hydrogen-bond acceptors (Lipinski definition) is 4. The highest BCUT2D eigenvalue weighted by molar-refractivity contribution is 9.10. The zero-order valence-electron chi connectivity index (χ0n) is 13.2. The average molecular weight is 412 g/mol. The second-order valence-electron chi connectivity index (χ2n) is 4.81. The largest absolute Gasteiger partial charge is 0.493 e. The molecule has 0 aromatic heterocycles. The first-order valence-corrected chi connectivity index (χ1v) is 8.21. The first-order chi connectivity index (χ1) is 11.5. The van der Waals surface area contributed by atoms with E-state index in [1.165, 1.54) is 13.2 Å². The van der Waals surface area contributed by atoms with Crippen LogP contribution in [0.15, 0.2) is 46.9 Å². The first kappa shape index (κ1) is 18.4. The highest BCUT2D eigenvalue weighted by Crippen LogP contribution is 2.37. The summed E-state index contributed by atoms with van der Waals surface area (Å²) in [6.45, 7) is 0.378. The Balaban J connectivity index is 2.18.